The molecule has 0 radical (unpaired) electrons. The molecule has 3 aromatic carbocycles. The van der Waals surface area contributed by atoms with Crippen molar-refractivity contribution < 1.29 is 9.15 Å². The average molecular weight is 357 g/mol. The Morgan fingerprint density at radius 2 is 1.63 bits per heavy atom. The van der Waals surface area contributed by atoms with Crippen LogP contribution in [-0.4, -0.2) is 4.98 Å². The summed E-state index contributed by atoms with van der Waals surface area (Å²) in [6.07, 6.45) is 1.75. The predicted molar refractivity (Wildman–Crippen MR) is 109 cm³/mol. The first-order valence-corrected chi connectivity index (χ1v) is 9.16. The highest BCUT2D eigenvalue weighted by Crippen LogP contribution is 2.29. The number of oxazole rings is 1. The van der Waals surface area contributed by atoms with Crippen LogP contribution in [0.2, 0.25) is 0 Å². The fraction of sp³-hybridized carbons (Fsp3) is 0.208. The molecule has 136 valence electrons. The Labute approximate surface area is 159 Å². The molecule has 0 unspecified atom stereocenters. The van der Waals surface area contributed by atoms with Gasteiger partial charge in [0.2, 0.25) is 5.89 Å². The van der Waals surface area contributed by atoms with Gasteiger partial charge in [-0.2, -0.15) is 0 Å². The van der Waals surface area contributed by atoms with Crippen LogP contribution in [0.4, 0.5) is 0 Å². The molecule has 3 heteroatoms. The molecule has 1 heterocycles. The van der Waals surface area contributed by atoms with Crippen molar-refractivity contribution in [3.63, 3.8) is 0 Å². The van der Waals surface area contributed by atoms with Crippen LogP contribution in [0.15, 0.2) is 77.4 Å². The molecular formula is C24H23NO2. The Kier molecular flexibility index (Phi) is 4.44. The molecule has 4 aromatic rings. The number of fused-ring (bicyclic) bond motifs is 1. The van der Waals surface area contributed by atoms with Crippen molar-refractivity contribution in [1.29, 1.82) is 0 Å². The minimum Gasteiger partial charge on any atom is -0.489 e. The monoisotopic (exact) mass is 357 g/mol. The van der Waals surface area contributed by atoms with Gasteiger partial charge in [-0.15, -0.1) is 0 Å². The molecule has 0 saturated heterocycles. The largest absolute Gasteiger partial charge is 0.489 e. The zero-order valence-corrected chi connectivity index (χ0v) is 15.9. The Hall–Kier alpha value is -3.07. The third kappa shape index (κ3) is 3.87. The lowest BCUT2D eigenvalue weighted by Crippen LogP contribution is -2.11. The zero-order valence-electron chi connectivity index (χ0n) is 15.9. The van der Waals surface area contributed by atoms with Gasteiger partial charge in [-0.3, -0.25) is 0 Å². The first-order chi connectivity index (χ1) is 13.0. The fourth-order valence-corrected chi connectivity index (χ4v) is 2.94. The molecule has 0 aliphatic heterocycles. The average Bonchev–Trinajstić information content (AvgIpc) is 3.17. The number of rotatable bonds is 4. The smallest absolute Gasteiger partial charge is 0.226 e. The summed E-state index contributed by atoms with van der Waals surface area (Å²) in [6.45, 7) is 6.96. The standard InChI is InChI=1S/C24H23NO2/c1-24(2,3)22-16-27-23(25-22)20-10-9-19-14-21(12-11-18(19)13-20)26-15-17-7-5-4-6-8-17/h4-14,16H,15H2,1-3H3. The van der Waals surface area contributed by atoms with E-state index in [4.69, 9.17) is 9.15 Å². The van der Waals surface area contributed by atoms with Crippen molar-refractivity contribution in [3.05, 3.63) is 84.3 Å². The number of hydrogen-bond acceptors (Lipinski definition) is 3. The molecule has 0 spiro atoms. The van der Waals surface area contributed by atoms with E-state index in [2.05, 4.69) is 62.2 Å². The summed E-state index contributed by atoms with van der Waals surface area (Å²) in [4.78, 5) is 4.65. The van der Waals surface area contributed by atoms with Gasteiger partial charge < -0.3 is 9.15 Å². The summed E-state index contributed by atoms with van der Waals surface area (Å²) in [6, 6.07) is 22.6. The van der Waals surface area contributed by atoms with Crippen molar-refractivity contribution in [2.45, 2.75) is 32.8 Å². The quantitative estimate of drug-likeness (QED) is 0.425. The van der Waals surface area contributed by atoms with Crippen molar-refractivity contribution in [2.24, 2.45) is 0 Å². The second-order valence-corrected chi connectivity index (χ2v) is 7.79. The Balaban J connectivity index is 1.56. The van der Waals surface area contributed by atoms with E-state index in [1.807, 2.05) is 30.3 Å². The van der Waals surface area contributed by atoms with Crippen molar-refractivity contribution in [1.82, 2.24) is 4.98 Å². The zero-order chi connectivity index (χ0) is 18.9. The van der Waals surface area contributed by atoms with E-state index in [0.29, 0.717) is 12.5 Å². The van der Waals surface area contributed by atoms with Gasteiger partial charge in [0.15, 0.2) is 0 Å². The molecule has 1 aromatic heterocycles. The normalized spacial score (nSPS) is 11.7. The first-order valence-electron chi connectivity index (χ1n) is 9.16. The van der Waals surface area contributed by atoms with E-state index in [-0.39, 0.29) is 5.41 Å². The maximum absolute atomic E-state index is 5.92. The van der Waals surface area contributed by atoms with Crippen LogP contribution in [0.1, 0.15) is 32.0 Å². The summed E-state index contributed by atoms with van der Waals surface area (Å²) in [5, 5.41) is 2.27. The molecule has 0 bridgehead atoms. The number of ether oxygens (including phenoxy) is 1. The van der Waals surface area contributed by atoms with Crippen molar-refractivity contribution in [2.75, 3.05) is 0 Å². The third-order valence-electron chi connectivity index (χ3n) is 4.58. The summed E-state index contributed by atoms with van der Waals surface area (Å²) in [7, 11) is 0. The highest BCUT2D eigenvalue weighted by Gasteiger charge is 2.19. The van der Waals surface area contributed by atoms with Gasteiger partial charge in [0.1, 0.15) is 18.6 Å². The van der Waals surface area contributed by atoms with Crippen LogP contribution in [0.3, 0.4) is 0 Å². The maximum Gasteiger partial charge on any atom is 0.226 e. The van der Waals surface area contributed by atoms with Crippen LogP contribution in [0, 0.1) is 0 Å². The molecule has 0 amide bonds. The number of benzene rings is 3. The van der Waals surface area contributed by atoms with Gasteiger partial charge in [0.05, 0.1) is 5.69 Å². The van der Waals surface area contributed by atoms with Gasteiger partial charge in [-0.1, -0.05) is 63.2 Å². The SMILES string of the molecule is CC(C)(C)c1coc(-c2ccc3cc(OCc4ccccc4)ccc3c2)n1. The van der Waals surface area contributed by atoms with E-state index in [9.17, 15) is 0 Å². The number of aromatic nitrogens is 1. The first kappa shape index (κ1) is 17.3. The van der Waals surface area contributed by atoms with Gasteiger partial charge in [0, 0.05) is 11.0 Å². The van der Waals surface area contributed by atoms with Crippen LogP contribution in [0.5, 0.6) is 5.75 Å². The maximum atomic E-state index is 5.92. The molecule has 0 saturated carbocycles. The van der Waals surface area contributed by atoms with Crippen LogP contribution in [-0.2, 0) is 12.0 Å². The number of hydrogen-bond donors (Lipinski definition) is 0. The molecule has 0 aliphatic rings. The molecule has 0 fully saturated rings. The molecule has 4 rings (SSSR count). The molecule has 27 heavy (non-hydrogen) atoms. The van der Waals surface area contributed by atoms with Gasteiger partial charge >= 0.3 is 0 Å². The lowest BCUT2D eigenvalue weighted by Gasteiger charge is -2.13. The number of nitrogens with zero attached hydrogens (tertiary/aromatic N) is 1. The van der Waals surface area contributed by atoms with E-state index >= 15 is 0 Å². The lowest BCUT2D eigenvalue weighted by atomic mass is 9.93. The second-order valence-electron chi connectivity index (χ2n) is 7.79. The van der Waals surface area contributed by atoms with E-state index in [0.717, 1.165) is 33.3 Å². The summed E-state index contributed by atoms with van der Waals surface area (Å²) in [5.74, 6) is 1.52. The Morgan fingerprint density at radius 1 is 0.889 bits per heavy atom. The van der Waals surface area contributed by atoms with E-state index in [1.165, 1.54) is 0 Å². The third-order valence-corrected chi connectivity index (χ3v) is 4.58. The summed E-state index contributed by atoms with van der Waals surface area (Å²) >= 11 is 0. The van der Waals surface area contributed by atoms with E-state index in [1.54, 1.807) is 6.26 Å². The van der Waals surface area contributed by atoms with Crippen LogP contribution >= 0.6 is 0 Å². The van der Waals surface area contributed by atoms with Crippen molar-refractivity contribution >= 4 is 10.8 Å². The van der Waals surface area contributed by atoms with Crippen LogP contribution in [0.25, 0.3) is 22.2 Å². The summed E-state index contributed by atoms with van der Waals surface area (Å²) in [5.41, 5.74) is 3.08. The predicted octanol–water partition coefficient (Wildman–Crippen LogP) is 6.37. The highest BCUT2D eigenvalue weighted by molar-refractivity contribution is 5.87. The molecule has 0 atom stereocenters. The van der Waals surface area contributed by atoms with Crippen molar-refractivity contribution in [3.8, 4) is 17.2 Å². The van der Waals surface area contributed by atoms with Crippen LogP contribution < -0.4 is 4.74 Å². The molecule has 0 N–H and O–H groups in total. The minimum absolute atomic E-state index is 0.0242. The second kappa shape index (κ2) is 6.92. The highest BCUT2D eigenvalue weighted by atomic mass is 16.5. The Morgan fingerprint density at radius 3 is 2.37 bits per heavy atom. The Bertz CT molecular complexity index is 1060. The summed E-state index contributed by atoms with van der Waals surface area (Å²) < 4.78 is 11.6. The molecule has 0 aliphatic carbocycles. The van der Waals surface area contributed by atoms with Gasteiger partial charge in [-0.25, -0.2) is 4.98 Å². The molecule has 3 nitrogen and oxygen atoms in total. The molecular weight excluding hydrogens is 334 g/mol. The lowest BCUT2D eigenvalue weighted by molar-refractivity contribution is 0.306. The van der Waals surface area contributed by atoms with E-state index < -0.39 is 0 Å². The minimum atomic E-state index is -0.0242. The van der Waals surface area contributed by atoms with Gasteiger partial charge in [0.25, 0.3) is 0 Å². The fourth-order valence-electron chi connectivity index (χ4n) is 2.94. The topological polar surface area (TPSA) is 35.3 Å². The van der Waals surface area contributed by atoms with Gasteiger partial charge in [-0.05, 0) is 40.6 Å².